The van der Waals surface area contributed by atoms with Gasteiger partial charge in [0.15, 0.2) is 0 Å². The third kappa shape index (κ3) is 3.33. The SMILES string of the molecule is CCc1c(O)c2c(=O)c3c(O)cc(O)c4c3c3c2c(c1O)c1c(O)c(C(C)C)c(O)c2c(=O)c5c(O)cc(O)c(c5c3c21)[C@@H]4c1ccc(O)cc1. The highest BCUT2D eigenvalue weighted by atomic mass is 16.3. The second-order valence-corrected chi connectivity index (χ2v) is 13.6. The van der Waals surface area contributed by atoms with Crippen LogP contribution in [-0.2, 0) is 6.42 Å². The molecule has 0 saturated heterocycles. The highest BCUT2D eigenvalue weighted by molar-refractivity contribution is 6.46. The lowest BCUT2D eigenvalue weighted by Gasteiger charge is -2.24. The van der Waals surface area contributed by atoms with Crippen molar-refractivity contribution in [3.63, 3.8) is 0 Å². The standard InChI is InChI=1S/C40H28O11/c1-4-14-35(46)31-29-27-25-21(15(42)9-17(44)23(25)39(50)33(29)36(14)47)20(12-5-7-13(41)8-6-12)22-16(43)10-18(45)24-26(22)28(27)30-32(31)37(48)19(11(2)3)38(49)34(30)40(24)51/h5-11,20,41-49H,4H2,1-3H3/t20-/m1/s1. The molecule has 0 amide bonds. The summed E-state index contributed by atoms with van der Waals surface area (Å²) in [5, 5.41) is 103. The van der Waals surface area contributed by atoms with Gasteiger partial charge in [-0.2, -0.15) is 0 Å². The van der Waals surface area contributed by atoms with E-state index < -0.39 is 68.7 Å². The van der Waals surface area contributed by atoms with Gasteiger partial charge in [0.05, 0.1) is 21.5 Å². The lowest BCUT2D eigenvalue weighted by molar-refractivity contribution is 0.440. The third-order valence-corrected chi connectivity index (χ3v) is 10.8. The predicted molar refractivity (Wildman–Crippen MR) is 192 cm³/mol. The van der Waals surface area contributed by atoms with Crippen LogP contribution in [0, 0.1) is 0 Å². The van der Waals surface area contributed by atoms with Crippen LogP contribution < -0.4 is 10.9 Å². The summed E-state index contributed by atoms with van der Waals surface area (Å²) in [6.45, 7) is 4.98. The fourth-order valence-corrected chi connectivity index (χ4v) is 8.88. The summed E-state index contributed by atoms with van der Waals surface area (Å²) >= 11 is 0. The lowest BCUT2D eigenvalue weighted by Crippen LogP contribution is -2.10. The van der Waals surface area contributed by atoms with Crippen molar-refractivity contribution >= 4 is 64.6 Å². The molecule has 1 aliphatic rings. The lowest BCUT2D eigenvalue weighted by atomic mass is 9.80. The second-order valence-electron chi connectivity index (χ2n) is 13.6. The summed E-state index contributed by atoms with van der Waals surface area (Å²) in [7, 11) is 0. The molecule has 8 aromatic carbocycles. The average Bonchev–Trinajstić information content (AvgIpc) is 3.19. The zero-order valence-corrected chi connectivity index (χ0v) is 27.2. The van der Waals surface area contributed by atoms with Crippen LogP contribution in [0.3, 0.4) is 0 Å². The van der Waals surface area contributed by atoms with Gasteiger partial charge in [-0.15, -0.1) is 0 Å². The van der Waals surface area contributed by atoms with Crippen molar-refractivity contribution in [2.24, 2.45) is 0 Å². The normalized spacial score (nSPS) is 14.3. The number of hydrogen-bond acceptors (Lipinski definition) is 11. The maximum Gasteiger partial charge on any atom is 0.201 e. The molecule has 0 heterocycles. The van der Waals surface area contributed by atoms with Crippen LogP contribution in [0.4, 0.5) is 0 Å². The van der Waals surface area contributed by atoms with Crippen LogP contribution in [0.15, 0.2) is 46.0 Å². The molecule has 11 nitrogen and oxygen atoms in total. The van der Waals surface area contributed by atoms with Crippen molar-refractivity contribution in [1.29, 1.82) is 0 Å². The zero-order chi connectivity index (χ0) is 36.3. The van der Waals surface area contributed by atoms with E-state index in [4.69, 9.17) is 0 Å². The summed E-state index contributed by atoms with van der Waals surface area (Å²) in [6, 6.07) is 7.68. The number of rotatable bonds is 3. The average molecular weight is 685 g/mol. The Hall–Kier alpha value is -6.62. The fourth-order valence-electron chi connectivity index (χ4n) is 8.88. The van der Waals surface area contributed by atoms with Crippen molar-refractivity contribution in [2.45, 2.75) is 39.0 Å². The highest BCUT2D eigenvalue weighted by Gasteiger charge is 2.39. The van der Waals surface area contributed by atoms with Crippen LogP contribution >= 0.6 is 0 Å². The molecule has 51 heavy (non-hydrogen) atoms. The molecule has 11 heteroatoms. The number of phenolic OH excluding ortho intramolecular Hbond substituents is 9. The van der Waals surface area contributed by atoms with Gasteiger partial charge in [-0.05, 0) is 30.0 Å². The Kier molecular flexibility index (Phi) is 5.69. The Balaban J connectivity index is 1.83. The topological polar surface area (TPSA) is 216 Å². The number of hydrogen-bond donors (Lipinski definition) is 9. The van der Waals surface area contributed by atoms with E-state index in [0.29, 0.717) is 5.56 Å². The summed E-state index contributed by atoms with van der Waals surface area (Å²) in [5.74, 6) is -6.43. The Morgan fingerprint density at radius 1 is 0.510 bits per heavy atom. The molecular formula is C40H28O11. The minimum Gasteiger partial charge on any atom is -0.508 e. The van der Waals surface area contributed by atoms with Crippen LogP contribution in [0.25, 0.3) is 64.6 Å². The molecule has 0 fully saturated rings. The molecule has 9 N–H and O–H groups in total. The number of aromatic hydroxyl groups is 9. The van der Waals surface area contributed by atoms with Crippen molar-refractivity contribution < 1.29 is 46.0 Å². The summed E-state index contributed by atoms with van der Waals surface area (Å²) in [5.41, 5.74) is -1.50. The maximum atomic E-state index is 14.8. The van der Waals surface area contributed by atoms with Gasteiger partial charge in [-0.25, -0.2) is 0 Å². The van der Waals surface area contributed by atoms with Crippen molar-refractivity contribution in [3.8, 4) is 51.7 Å². The van der Waals surface area contributed by atoms with Crippen LogP contribution in [0.1, 0.15) is 60.4 Å². The van der Waals surface area contributed by atoms with E-state index in [9.17, 15) is 55.5 Å². The molecular weight excluding hydrogens is 656 g/mol. The third-order valence-electron chi connectivity index (χ3n) is 10.8. The van der Waals surface area contributed by atoms with Gasteiger partial charge in [-0.3, -0.25) is 9.59 Å². The van der Waals surface area contributed by atoms with E-state index in [1.807, 2.05) is 0 Å². The minimum atomic E-state index is -1.23. The quantitative estimate of drug-likeness (QED) is 0.0702. The maximum absolute atomic E-state index is 14.8. The van der Waals surface area contributed by atoms with Crippen molar-refractivity contribution in [1.82, 2.24) is 0 Å². The zero-order valence-electron chi connectivity index (χ0n) is 27.2. The molecule has 1 aliphatic carbocycles. The molecule has 0 radical (unpaired) electrons. The van der Waals surface area contributed by atoms with E-state index in [2.05, 4.69) is 0 Å². The van der Waals surface area contributed by atoms with Gasteiger partial charge in [0.25, 0.3) is 0 Å². The van der Waals surface area contributed by atoms with Gasteiger partial charge >= 0.3 is 0 Å². The van der Waals surface area contributed by atoms with E-state index in [1.54, 1.807) is 20.8 Å². The first kappa shape index (κ1) is 30.4. The Labute approximate surface area is 285 Å². The molecule has 0 saturated carbocycles. The van der Waals surface area contributed by atoms with Crippen molar-refractivity contribution in [2.75, 3.05) is 0 Å². The van der Waals surface area contributed by atoms with E-state index in [-0.39, 0.29) is 99.1 Å². The van der Waals surface area contributed by atoms with Gasteiger partial charge in [0, 0.05) is 83.4 Å². The Morgan fingerprint density at radius 3 is 1.39 bits per heavy atom. The first-order valence-electron chi connectivity index (χ1n) is 16.3. The summed E-state index contributed by atoms with van der Waals surface area (Å²) < 4.78 is 0. The smallest absolute Gasteiger partial charge is 0.201 e. The van der Waals surface area contributed by atoms with Crippen molar-refractivity contribution in [3.05, 3.63) is 84.7 Å². The highest BCUT2D eigenvalue weighted by Crippen LogP contribution is 2.61. The van der Waals surface area contributed by atoms with E-state index in [1.165, 1.54) is 24.3 Å². The number of phenols is 9. The Bertz CT molecular complexity index is 3060. The van der Waals surface area contributed by atoms with E-state index >= 15 is 0 Å². The molecule has 9 rings (SSSR count). The minimum absolute atomic E-state index is 0.0122. The molecule has 8 aromatic rings. The molecule has 0 spiro atoms. The number of fused-ring (bicyclic) bond motifs is 1. The molecule has 0 aliphatic heterocycles. The first-order chi connectivity index (χ1) is 24.2. The fraction of sp³-hybridized carbons (Fsp3) is 0.150. The molecule has 0 bridgehead atoms. The van der Waals surface area contributed by atoms with E-state index in [0.717, 1.165) is 12.1 Å². The van der Waals surface area contributed by atoms with Crippen LogP contribution in [0.2, 0.25) is 0 Å². The number of benzene rings is 8. The molecule has 254 valence electrons. The Morgan fingerprint density at radius 2 is 0.922 bits per heavy atom. The van der Waals surface area contributed by atoms with Gasteiger partial charge in [0.1, 0.15) is 51.7 Å². The van der Waals surface area contributed by atoms with Gasteiger partial charge < -0.3 is 46.0 Å². The second kappa shape index (κ2) is 9.54. The predicted octanol–water partition coefficient (Wildman–Crippen LogP) is 6.73. The molecule has 0 unspecified atom stereocenters. The summed E-state index contributed by atoms with van der Waals surface area (Å²) in [4.78, 5) is 29.5. The first-order valence-corrected chi connectivity index (χ1v) is 16.3. The van der Waals surface area contributed by atoms with Crippen LogP contribution in [-0.4, -0.2) is 46.0 Å². The monoisotopic (exact) mass is 684 g/mol. The summed E-state index contributed by atoms with van der Waals surface area (Å²) in [6.07, 6.45) is 0.0193. The molecule has 1 atom stereocenters. The molecule has 0 aromatic heterocycles. The largest absolute Gasteiger partial charge is 0.508 e. The van der Waals surface area contributed by atoms with Gasteiger partial charge in [-0.1, -0.05) is 32.9 Å². The van der Waals surface area contributed by atoms with Crippen LogP contribution in [0.5, 0.6) is 51.7 Å². The van der Waals surface area contributed by atoms with Gasteiger partial charge in [0.2, 0.25) is 10.9 Å².